The number of aliphatic imine (C=N–C) groups is 1. The minimum atomic E-state index is -2.91. The lowest BCUT2D eigenvalue weighted by molar-refractivity contribution is -0.0512. The van der Waals surface area contributed by atoms with Crippen molar-refractivity contribution < 1.29 is 18.3 Å². The Morgan fingerprint density at radius 3 is 2.68 bits per heavy atom. The molecule has 156 valence electrons. The Kier molecular flexibility index (Phi) is 11.0. The van der Waals surface area contributed by atoms with Crippen LogP contribution in [-0.4, -0.2) is 38.3 Å². The third-order valence-electron chi connectivity index (χ3n) is 3.71. The van der Waals surface area contributed by atoms with E-state index in [1.165, 1.54) is 18.1 Å². The third kappa shape index (κ3) is 7.74. The second-order valence-electron chi connectivity index (χ2n) is 5.54. The van der Waals surface area contributed by atoms with E-state index >= 15 is 0 Å². The van der Waals surface area contributed by atoms with Crippen molar-refractivity contribution in [2.45, 2.75) is 32.9 Å². The van der Waals surface area contributed by atoms with Gasteiger partial charge in [0.1, 0.15) is 0 Å². The number of aromatic nitrogens is 1. The van der Waals surface area contributed by atoms with Gasteiger partial charge in [-0.25, -0.2) is 4.98 Å². The van der Waals surface area contributed by atoms with Crippen molar-refractivity contribution >= 4 is 41.3 Å². The maximum Gasteiger partial charge on any atom is 0.387 e. The number of guanidine groups is 1. The summed E-state index contributed by atoms with van der Waals surface area (Å²) < 4.78 is 34.6. The Labute approximate surface area is 184 Å². The van der Waals surface area contributed by atoms with Gasteiger partial charge in [-0.3, -0.25) is 4.99 Å². The molecule has 0 bridgehead atoms. The van der Waals surface area contributed by atoms with Gasteiger partial charge >= 0.3 is 6.61 Å². The van der Waals surface area contributed by atoms with Crippen molar-refractivity contribution in [2.24, 2.45) is 4.99 Å². The van der Waals surface area contributed by atoms with Crippen LogP contribution in [0.2, 0.25) is 0 Å². The smallest absolute Gasteiger partial charge is 0.387 e. The Bertz CT molecular complexity index is 759. The van der Waals surface area contributed by atoms with E-state index in [0.29, 0.717) is 19.0 Å². The van der Waals surface area contributed by atoms with E-state index in [2.05, 4.69) is 32.3 Å². The molecule has 2 aromatic rings. The van der Waals surface area contributed by atoms with Gasteiger partial charge in [-0.15, -0.1) is 35.3 Å². The number of thiazole rings is 1. The normalized spacial score (nSPS) is 11.1. The molecule has 0 spiro atoms. The number of nitrogens with one attached hydrogen (secondary N) is 2. The zero-order chi connectivity index (χ0) is 19.6. The molecule has 0 aliphatic rings. The first kappa shape index (κ1) is 24.3. The minimum absolute atomic E-state index is 0. The Morgan fingerprint density at radius 2 is 2.07 bits per heavy atom. The fraction of sp³-hybridized carbons (Fsp3) is 0.444. The monoisotopic (exact) mass is 526 g/mol. The quantitative estimate of drug-likeness (QED) is 0.296. The van der Waals surface area contributed by atoms with Gasteiger partial charge < -0.3 is 20.1 Å². The van der Waals surface area contributed by atoms with Crippen LogP contribution in [-0.2, 0) is 19.4 Å². The predicted octanol–water partition coefficient (Wildman–Crippen LogP) is 3.84. The molecule has 2 rings (SSSR count). The van der Waals surface area contributed by atoms with E-state index < -0.39 is 6.61 Å². The summed E-state index contributed by atoms with van der Waals surface area (Å²) in [6.07, 6.45) is 3.71. The number of hydrogen-bond donors (Lipinski definition) is 2. The number of benzene rings is 1. The van der Waals surface area contributed by atoms with Crippen LogP contribution in [0.15, 0.2) is 29.4 Å². The lowest BCUT2D eigenvalue weighted by Gasteiger charge is -2.14. The molecule has 0 atom stereocenters. The molecular formula is C18H25F2IN4O2S. The SMILES string of the molecule is CCc1cnc(CCNC(=NC)NCc2ccc(OC)c(OC(F)F)c2)s1.I. The summed E-state index contributed by atoms with van der Waals surface area (Å²) in [4.78, 5) is 9.82. The van der Waals surface area contributed by atoms with E-state index in [9.17, 15) is 8.78 Å². The van der Waals surface area contributed by atoms with Crippen LogP contribution in [0, 0.1) is 0 Å². The molecule has 10 heteroatoms. The Hall–Kier alpha value is -1.69. The van der Waals surface area contributed by atoms with Crippen LogP contribution in [0.1, 0.15) is 22.4 Å². The standard InChI is InChI=1S/C18H24F2N4O2S.HI/c1-4-13-11-23-16(27-13)7-8-22-18(21-2)24-10-12-5-6-14(25-3)15(9-12)26-17(19)20;/h5-6,9,11,17H,4,7-8,10H2,1-3H3,(H2,21,22,24);1H. The molecule has 0 fully saturated rings. The average molecular weight is 526 g/mol. The number of methoxy groups -OCH3 is 1. The largest absolute Gasteiger partial charge is 0.493 e. The first-order valence-electron chi connectivity index (χ1n) is 8.55. The first-order valence-corrected chi connectivity index (χ1v) is 9.37. The van der Waals surface area contributed by atoms with Gasteiger partial charge in [-0.1, -0.05) is 13.0 Å². The number of aryl methyl sites for hydroxylation is 1. The summed E-state index contributed by atoms with van der Waals surface area (Å²) in [6.45, 7) is 0.299. The van der Waals surface area contributed by atoms with Crippen molar-refractivity contribution in [3.8, 4) is 11.5 Å². The number of nitrogens with zero attached hydrogens (tertiary/aromatic N) is 2. The number of rotatable bonds is 9. The predicted molar refractivity (Wildman–Crippen MR) is 118 cm³/mol. The molecule has 0 saturated heterocycles. The second kappa shape index (κ2) is 12.7. The zero-order valence-corrected chi connectivity index (χ0v) is 19.1. The summed E-state index contributed by atoms with van der Waals surface area (Å²) in [5.41, 5.74) is 0.766. The number of halogens is 3. The molecular weight excluding hydrogens is 501 g/mol. The van der Waals surface area contributed by atoms with Gasteiger partial charge in [-0.2, -0.15) is 8.78 Å². The highest BCUT2D eigenvalue weighted by molar-refractivity contribution is 14.0. The Morgan fingerprint density at radius 1 is 1.29 bits per heavy atom. The van der Waals surface area contributed by atoms with Gasteiger partial charge in [0, 0.05) is 37.6 Å². The summed E-state index contributed by atoms with van der Waals surface area (Å²) in [5, 5.41) is 7.44. The van der Waals surface area contributed by atoms with Crippen molar-refractivity contribution in [1.82, 2.24) is 15.6 Å². The van der Waals surface area contributed by atoms with E-state index in [-0.39, 0.29) is 35.5 Å². The molecule has 0 amide bonds. The topological polar surface area (TPSA) is 67.8 Å². The van der Waals surface area contributed by atoms with Crippen molar-refractivity contribution in [3.05, 3.63) is 39.8 Å². The Balaban J connectivity index is 0.00000392. The molecule has 0 aliphatic carbocycles. The maximum absolute atomic E-state index is 12.5. The lowest BCUT2D eigenvalue weighted by Crippen LogP contribution is -2.37. The van der Waals surface area contributed by atoms with Crippen LogP contribution in [0.5, 0.6) is 11.5 Å². The molecule has 2 N–H and O–H groups in total. The molecule has 1 aromatic heterocycles. The number of ether oxygens (including phenoxy) is 2. The third-order valence-corrected chi connectivity index (χ3v) is 4.91. The second-order valence-corrected chi connectivity index (χ2v) is 6.74. The van der Waals surface area contributed by atoms with Crippen LogP contribution in [0.4, 0.5) is 8.78 Å². The van der Waals surface area contributed by atoms with Crippen LogP contribution >= 0.6 is 35.3 Å². The molecule has 1 heterocycles. The number of hydrogen-bond acceptors (Lipinski definition) is 5. The molecule has 6 nitrogen and oxygen atoms in total. The summed E-state index contributed by atoms with van der Waals surface area (Å²) in [5.74, 6) is 0.885. The first-order chi connectivity index (χ1) is 13.0. The van der Waals surface area contributed by atoms with Gasteiger partial charge in [0.2, 0.25) is 0 Å². The van der Waals surface area contributed by atoms with E-state index in [4.69, 9.17) is 4.74 Å². The minimum Gasteiger partial charge on any atom is -0.493 e. The average Bonchev–Trinajstić information content (AvgIpc) is 3.12. The van der Waals surface area contributed by atoms with Gasteiger partial charge in [0.25, 0.3) is 0 Å². The van der Waals surface area contributed by atoms with Gasteiger partial charge in [0.05, 0.1) is 12.1 Å². The van der Waals surface area contributed by atoms with Crippen molar-refractivity contribution in [3.63, 3.8) is 0 Å². The van der Waals surface area contributed by atoms with Crippen molar-refractivity contribution in [2.75, 3.05) is 20.7 Å². The van der Waals surface area contributed by atoms with E-state index in [1.807, 2.05) is 6.20 Å². The molecule has 0 aliphatic heterocycles. The van der Waals surface area contributed by atoms with Crippen LogP contribution in [0.25, 0.3) is 0 Å². The highest BCUT2D eigenvalue weighted by Crippen LogP contribution is 2.29. The molecule has 0 unspecified atom stereocenters. The lowest BCUT2D eigenvalue weighted by atomic mass is 10.2. The zero-order valence-electron chi connectivity index (χ0n) is 16.0. The van der Waals surface area contributed by atoms with E-state index in [1.54, 1.807) is 30.5 Å². The molecule has 1 aromatic carbocycles. The molecule has 0 radical (unpaired) electrons. The molecule has 28 heavy (non-hydrogen) atoms. The maximum atomic E-state index is 12.5. The molecule has 0 saturated carbocycles. The highest BCUT2D eigenvalue weighted by Gasteiger charge is 2.11. The van der Waals surface area contributed by atoms with Crippen molar-refractivity contribution in [1.29, 1.82) is 0 Å². The number of alkyl halides is 2. The van der Waals surface area contributed by atoms with E-state index in [0.717, 1.165) is 23.4 Å². The summed E-state index contributed by atoms with van der Waals surface area (Å²) in [6, 6.07) is 4.89. The summed E-state index contributed by atoms with van der Waals surface area (Å²) in [7, 11) is 3.08. The van der Waals surface area contributed by atoms with Crippen LogP contribution < -0.4 is 20.1 Å². The summed E-state index contributed by atoms with van der Waals surface area (Å²) >= 11 is 1.71. The van der Waals surface area contributed by atoms with Gasteiger partial charge in [0.15, 0.2) is 17.5 Å². The van der Waals surface area contributed by atoms with Gasteiger partial charge in [-0.05, 0) is 24.1 Å². The van der Waals surface area contributed by atoms with Crippen LogP contribution in [0.3, 0.4) is 0 Å². The fourth-order valence-corrected chi connectivity index (χ4v) is 3.20. The highest BCUT2D eigenvalue weighted by atomic mass is 127. The fourth-order valence-electron chi connectivity index (χ4n) is 2.34.